The number of carbonyl (C=O) groups excluding carboxylic acids is 1. The summed E-state index contributed by atoms with van der Waals surface area (Å²) < 4.78 is 0.939. The first kappa shape index (κ1) is 9.24. The molecular formula is C6H9BrOS. The average Bonchev–Trinajstić information content (AvgIpc) is 1.63. The third-order valence-corrected chi connectivity index (χ3v) is 2.38. The van der Waals surface area contributed by atoms with E-state index in [0.29, 0.717) is 5.75 Å². The van der Waals surface area contributed by atoms with Gasteiger partial charge in [0.2, 0.25) is 0 Å². The standard InChI is InChI=1S/C6H9BrOS/c1-5(7)3-9-4-6(2)8/h1,3-4H2,2H3. The van der Waals surface area contributed by atoms with E-state index in [0.717, 1.165) is 10.2 Å². The van der Waals surface area contributed by atoms with Gasteiger partial charge in [-0.3, -0.25) is 4.79 Å². The highest BCUT2D eigenvalue weighted by Gasteiger charge is 1.93. The molecule has 0 aromatic heterocycles. The molecule has 3 heteroatoms. The third kappa shape index (κ3) is 8.24. The third-order valence-electron chi connectivity index (χ3n) is 0.564. The SMILES string of the molecule is C=C(Br)CSCC(C)=O. The van der Waals surface area contributed by atoms with Crippen molar-refractivity contribution in [3.05, 3.63) is 11.1 Å². The Morgan fingerprint density at radius 1 is 1.67 bits per heavy atom. The lowest BCUT2D eigenvalue weighted by Gasteiger charge is -1.93. The maximum atomic E-state index is 10.4. The zero-order valence-corrected chi connectivity index (χ0v) is 7.72. The van der Waals surface area contributed by atoms with Crippen LogP contribution < -0.4 is 0 Å². The van der Waals surface area contributed by atoms with E-state index in [9.17, 15) is 4.79 Å². The minimum atomic E-state index is 0.216. The number of carbonyl (C=O) groups is 1. The molecule has 0 aromatic rings. The molecule has 0 aromatic carbocycles. The summed E-state index contributed by atoms with van der Waals surface area (Å²) in [7, 11) is 0. The van der Waals surface area contributed by atoms with Crippen LogP contribution in [0.15, 0.2) is 11.1 Å². The molecule has 9 heavy (non-hydrogen) atoms. The van der Waals surface area contributed by atoms with E-state index >= 15 is 0 Å². The first-order valence-corrected chi connectivity index (χ1v) is 4.48. The molecule has 0 saturated heterocycles. The highest BCUT2D eigenvalue weighted by molar-refractivity contribution is 9.11. The predicted molar refractivity (Wildman–Crippen MR) is 46.1 cm³/mol. The summed E-state index contributed by atoms with van der Waals surface area (Å²) in [4.78, 5) is 10.4. The van der Waals surface area contributed by atoms with Crippen LogP contribution in [0.2, 0.25) is 0 Å². The Labute approximate surface area is 68.0 Å². The molecule has 0 aliphatic carbocycles. The number of halogens is 1. The number of hydrogen-bond donors (Lipinski definition) is 0. The van der Waals surface area contributed by atoms with Crippen LogP contribution >= 0.6 is 27.7 Å². The molecule has 0 atom stereocenters. The summed E-state index contributed by atoms with van der Waals surface area (Å²) in [6.45, 7) is 5.22. The van der Waals surface area contributed by atoms with Gasteiger partial charge in [-0.15, -0.1) is 11.8 Å². The minimum absolute atomic E-state index is 0.216. The van der Waals surface area contributed by atoms with Crippen LogP contribution in [0.3, 0.4) is 0 Å². The van der Waals surface area contributed by atoms with Gasteiger partial charge >= 0.3 is 0 Å². The van der Waals surface area contributed by atoms with Crippen molar-refractivity contribution >= 4 is 33.5 Å². The second kappa shape index (κ2) is 5.06. The van der Waals surface area contributed by atoms with Crippen molar-refractivity contribution in [1.29, 1.82) is 0 Å². The Bertz CT molecular complexity index is 108. The topological polar surface area (TPSA) is 17.1 Å². The van der Waals surface area contributed by atoms with Crippen molar-refractivity contribution in [2.75, 3.05) is 11.5 Å². The lowest BCUT2D eigenvalue weighted by molar-refractivity contribution is -0.114. The highest BCUT2D eigenvalue weighted by atomic mass is 79.9. The summed E-state index contributed by atoms with van der Waals surface area (Å²) in [5, 5.41) is 0. The molecular weight excluding hydrogens is 200 g/mol. The van der Waals surface area contributed by atoms with Crippen LogP contribution in [0.1, 0.15) is 6.92 Å². The molecule has 0 bridgehead atoms. The van der Waals surface area contributed by atoms with Crippen molar-refractivity contribution < 1.29 is 4.79 Å². The molecule has 1 nitrogen and oxygen atoms in total. The zero-order chi connectivity index (χ0) is 7.28. The van der Waals surface area contributed by atoms with E-state index in [-0.39, 0.29) is 5.78 Å². The second-order valence-corrected chi connectivity index (χ2v) is 3.82. The van der Waals surface area contributed by atoms with Gasteiger partial charge in [-0.2, -0.15) is 0 Å². The van der Waals surface area contributed by atoms with Crippen molar-refractivity contribution in [1.82, 2.24) is 0 Å². The fraction of sp³-hybridized carbons (Fsp3) is 0.500. The monoisotopic (exact) mass is 208 g/mol. The van der Waals surface area contributed by atoms with Crippen molar-refractivity contribution in [2.45, 2.75) is 6.92 Å². The van der Waals surface area contributed by atoms with Gasteiger partial charge in [-0.05, 0) is 11.4 Å². The Kier molecular flexibility index (Phi) is 5.19. The molecule has 0 spiro atoms. The maximum Gasteiger partial charge on any atom is 0.139 e. The molecule has 0 heterocycles. The van der Waals surface area contributed by atoms with Crippen LogP contribution in [0.4, 0.5) is 0 Å². The molecule has 0 radical (unpaired) electrons. The lowest BCUT2D eigenvalue weighted by Crippen LogP contribution is -1.93. The number of rotatable bonds is 4. The molecule has 0 fully saturated rings. The summed E-state index contributed by atoms with van der Waals surface area (Å²) in [5.41, 5.74) is 0. The molecule has 0 rings (SSSR count). The highest BCUT2D eigenvalue weighted by Crippen LogP contribution is 2.10. The number of hydrogen-bond acceptors (Lipinski definition) is 2. The van der Waals surface area contributed by atoms with Gasteiger partial charge in [0, 0.05) is 5.75 Å². The maximum absolute atomic E-state index is 10.4. The van der Waals surface area contributed by atoms with Crippen molar-refractivity contribution in [3.63, 3.8) is 0 Å². The first-order valence-electron chi connectivity index (χ1n) is 2.53. The van der Waals surface area contributed by atoms with E-state index in [1.807, 2.05) is 0 Å². The molecule has 0 unspecified atom stereocenters. The van der Waals surface area contributed by atoms with Crippen LogP contribution in [0, 0.1) is 0 Å². The van der Waals surface area contributed by atoms with Crippen LogP contribution in [-0.2, 0) is 4.79 Å². The Morgan fingerprint density at radius 2 is 2.22 bits per heavy atom. The Morgan fingerprint density at radius 3 is 2.56 bits per heavy atom. The second-order valence-electron chi connectivity index (χ2n) is 1.71. The minimum Gasteiger partial charge on any atom is -0.299 e. The van der Waals surface area contributed by atoms with Gasteiger partial charge in [0.15, 0.2) is 0 Å². The fourth-order valence-electron chi connectivity index (χ4n) is 0.306. The predicted octanol–water partition coefficient (Wildman–Crippen LogP) is 2.22. The molecule has 0 aliphatic rings. The summed E-state index contributed by atoms with van der Waals surface area (Å²) in [6.07, 6.45) is 0. The van der Waals surface area contributed by atoms with Crippen molar-refractivity contribution in [3.8, 4) is 0 Å². The van der Waals surface area contributed by atoms with E-state index < -0.39 is 0 Å². The first-order chi connectivity index (χ1) is 4.13. The molecule has 0 aliphatic heterocycles. The number of Topliss-reactive ketones (excluding diaryl/α,β-unsaturated/α-hetero) is 1. The van der Waals surface area contributed by atoms with Gasteiger partial charge in [0.25, 0.3) is 0 Å². The summed E-state index contributed by atoms with van der Waals surface area (Å²) >= 11 is 4.77. The Balaban J connectivity index is 3.10. The molecule has 52 valence electrons. The molecule has 0 amide bonds. The zero-order valence-electron chi connectivity index (χ0n) is 5.32. The lowest BCUT2D eigenvalue weighted by atomic mass is 10.5. The van der Waals surface area contributed by atoms with Gasteiger partial charge in [-0.1, -0.05) is 22.5 Å². The van der Waals surface area contributed by atoms with Crippen LogP contribution in [-0.4, -0.2) is 17.3 Å². The van der Waals surface area contributed by atoms with Gasteiger partial charge in [0.05, 0.1) is 5.75 Å². The largest absolute Gasteiger partial charge is 0.299 e. The van der Waals surface area contributed by atoms with E-state index in [4.69, 9.17) is 0 Å². The summed E-state index contributed by atoms with van der Waals surface area (Å²) in [6, 6.07) is 0. The van der Waals surface area contributed by atoms with Gasteiger partial charge in [0.1, 0.15) is 5.78 Å². The van der Waals surface area contributed by atoms with E-state index in [1.54, 1.807) is 18.7 Å². The molecule has 0 N–H and O–H groups in total. The molecule has 0 saturated carbocycles. The number of thioether (sulfide) groups is 1. The fourth-order valence-corrected chi connectivity index (χ4v) is 1.40. The number of ketones is 1. The van der Waals surface area contributed by atoms with Crippen molar-refractivity contribution in [2.24, 2.45) is 0 Å². The Hall–Kier alpha value is 0.240. The average molecular weight is 209 g/mol. The normalized spacial score (nSPS) is 9.11. The van der Waals surface area contributed by atoms with Crippen LogP contribution in [0.25, 0.3) is 0 Å². The quantitative estimate of drug-likeness (QED) is 0.706. The van der Waals surface area contributed by atoms with Gasteiger partial charge in [-0.25, -0.2) is 0 Å². The van der Waals surface area contributed by atoms with E-state index in [2.05, 4.69) is 22.5 Å². The van der Waals surface area contributed by atoms with Gasteiger partial charge < -0.3 is 0 Å². The smallest absolute Gasteiger partial charge is 0.139 e. The van der Waals surface area contributed by atoms with E-state index in [1.165, 1.54) is 0 Å². The van der Waals surface area contributed by atoms with Crippen LogP contribution in [0.5, 0.6) is 0 Å². The summed E-state index contributed by atoms with van der Waals surface area (Å²) in [5.74, 6) is 1.62.